The van der Waals surface area contributed by atoms with Crippen molar-refractivity contribution in [3.63, 3.8) is 0 Å². The van der Waals surface area contributed by atoms with Crippen LogP contribution in [-0.4, -0.2) is 20.4 Å². The van der Waals surface area contributed by atoms with Gasteiger partial charge in [-0.3, -0.25) is 0 Å². The fourth-order valence-electron chi connectivity index (χ4n) is 0.200. The van der Waals surface area contributed by atoms with Crippen LogP contribution in [0.3, 0.4) is 0 Å². The molecule has 1 N–H and O–H groups in total. The molecule has 8 heavy (non-hydrogen) atoms. The molecule has 0 radical (unpaired) electrons. The van der Waals surface area contributed by atoms with E-state index in [0.29, 0.717) is 0 Å². The van der Waals surface area contributed by atoms with E-state index in [1.54, 1.807) is 0 Å². The lowest BCUT2D eigenvalue weighted by atomic mass is 10.5. The number of nitrogens with one attached hydrogen (secondary N) is 1. The summed E-state index contributed by atoms with van der Waals surface area (Å²) in [5.41, 5.74) is 0. The minimum Gasteiger partial charge on any atom is -0.313 e. The zero-order valence-corrected chi connectivity index (χ0v) is 5.67. The van der Waals surface area contributed by atoms with Gasteiger partial charge in [-0.05, 0) is 12.6 Å². The Morgan fingerprint density at radius 1 is 1.62 bits per heavy atom. The summed E-state index contributed by atoms with van der Waals surface area (Å²) in [6, 6.07) is 0. The van der Waals surface area contributed by atoms with E-state index in [9.17, 15) is 8.42 Å². The van der Waals surface area contributed by atoms with Gasteiger partial charge in [0.2, 0.25) is 9.05 Å². The average Bonchev–Trinajstić information content (AvgIpc) is 1.59. The molecule has 0 saturated heterocycles. The summed E-state index contributed by atoms with van der Waals surface area (Å²) in [7, 11) is 1.42. The summed E-state index contributed by atoms with van der Waals surface area (Å²) < 4.78 is 20.1. The van der Waals surface area contributed by atoms with Crippen molar-refractivity contribution >= 4 is 25.9 Å². The highest BCUT2D eigenvalue weighted by Crippen LogP contribution is 1.95. The van der Waals surface area contributed by atoms with Gasteiger partial charge >= 0.3 is 0 Å². The summed E-state index contributed by atoms with van der Waals surface area (Å²) in [6.07, 6.45) is 1.21. The Kier molecular flexibility index (Phi) is 3.01. The highest BCUT2D eigenvalue weighted by Gasteiger charge is 2.00. The van der Waals surface area contributed by atoms with Gasteiger partial charge in [0, 0.05) is 10.7 Å². The minimum absolute atomic E-state index is 0.141. The van der Waals surface area contributed by atoms with Crippen LogP contribution >= 0.6 is 10.7 Å². The quantitative estimate of drug-likeness (QED) is 0.479. The molecule has 0 saturated carbocycles. The Morgan fingerprint density at radius 2 is 2.12 bits per heavy atom. The Morgan fingerprint density at radius 3 is 2.25 bits per heavy atom. The van der Waals surface area contributed by atoms with E-state index in [1.165, 1.54) is 0 Å². The first kappa shape index (κ1) is 7.91. The third-order valence-electron chi connectivity index (χ3n) is 0.506. The summed E-state index contributed by atoms with van der Waals surface area (Å²) in [6.45, 7) is 0. The monoisotopic (exact) mass is 155 g/mol. The second kappa shape index (κ2) is 3.04. The Balaban J connectivity index is 3.57. The predicted octanol–water partition coefficient (Wildman–Crippen LogP) is 0.595. The molecule has 0 unspecified atom stereocenters. The van der Waals surface area contributed by atoms with Crippen molar-refractivity contribution in [3.8, 4) is 0 Å². The zero-order chi connectivity index (χ0) is 6.62. The van der Waals surface area contributed by atoms with Crippen LogP contribution in [0.4, 0.5) is 0 Å². The van der Waals surface area contributed by atoms with Crippen LogP contribution in [-0.2, 0) is 9.05 Å². The summed E-state index contributed by atoms with van der Waals surface area (Å²) in [5.74, 6) is -0.141. The lowest BCUT2D eigenvalue weighted by Gasteiger charge is -1.85. The van der Waals surface area contributed by atoms with Gasteiger partial charge in [0.15, 0.2) is 0 Å². The summed E-state index contributed by atoms with van der Waals surface area (Å²) >= 11 is 0. The van der Waals surface area contributed by atoms with Crippen molar-refractivity contribution < 1.29 is 8.42 Å². The summed E-state index contributed by atoms with van der Waals surface area (Å²) in [4.78, 5) is 0. The fraction of sp³-hybridized carbons (Fsp3) is 0.667. The fourth-order valence-corrected chi connectivity index (χ4v) is 0.866. The van der Waals surface area contributed by atoms with E-state index >= 15 is 0 Å². The van der Waals surface area contributed by atoms with Crippen LogP contribution in [0.15, 0.2) is 0 Å². The molecule has 0 aliphatic carbocycles. The van der Waals surface area contributed by atoms with Gasteiger partial charge < -0.3 is 5.41 Å². The molecule has 0 aliphatic rings. The highest BCUT2D eigenvalue weighted by atomic mass is 35.7. The van der Waals surface area contributed by atoms with E-state index in [0.717, 1.165) is 6.21 Å². The molecule has 48 valence electrons. The van der Waals surface area contributed by atoms with Crippen LogP contribution in [0, 0.1) is 5.41 Å². The molecule has 5 heteroatoms. The van der Waals surface area contributed by atoms with Gasteiger partial charge in [-0.25, -0.2) is 8.42 Å². The lowest BCUT2D eigenvalue weighted by molar-refractivity contribution is 0.610. The molecular weight excluding hydrogens is 150 g/mol. The largest absolute Gasteiger partial charge is 0.313 e. The third-order valence-corrected chi connectivity index (χ3v) is 1.69. The second-order valence-electron chi connectivity index (χ2n) is 1.24. The zero-order valence-electron chi connectivity index (χ0n) is 4.09. The SMILES string of the molecule is N=CCCS(=O)(=O)Cl. The molecule has 0 aromatic heterocycles. The predicted molar refractivity (Wildman–Crippen MR) is 33.0 cm³/mol. The maximum absolute atomic E-state index is 10.1. The molecule has 3 nitrogen and oxygen atoms in total. The number of hydrogen-bond donors (Lipinski definition) is 1. The number of halogens is 1. The molecule has 0 heterocycles. The Hall–Kier alpha value is -0.0900. The van der Waals surface area contributed by atoms with Crippen LogP contribution in [0.2, 0.25) is 0 Å². The van der Waals surface area contributed by atoms with Gasteiger partial charge in [-0.2, -0.15) is 0 Å². The lowest BCUT2D eigenvalue weighted by Crippen LogP contribution is -1.96. The minimum atomic E-state index is -3.37. The molecule has 0 aromatic rings. The molecule has 0 aliphatic heterocycles. The Bertz CT molecular complexity index is 162. The van der Waals surface area contributed by atoms with E-state index < -0.39 is 9.05 Å². The number of hydrogen-bond acceptors (Lipinski definition) is 3. The molecule has 0 atom stereocenters. The molecular formula is C3H6ClNO2S. The van der Waals surface area contributed by atoms with Crippen molar-refractivity contribution in [2.75, 3.05) is 5.75 Å². The molecule has 0 spiro atoms. The van der Waals surface area contributed by atoms with Gasteiger partial charge in [0.1, 0.15) is 0 Å². The van der Waals surface area contributed by atoms with E-state index in [-0.39, 0.29) is 12.2 Å². The van der Waals surface area contributed by atoms with Crippen molar-refractivity contribution in [3.05, 3.63) is 0 Å². The molecule has 0 amide bonds. The average molecular weight is 156 g/mol. The maximum Gasteiger partial charge on any atom is 0.232 e. The van der Waals surface area contributed by atoms with Crippen molar-refractivity contribution in [1.29, 1.82) is 5.41 Å². The first-order valence-electron chi connectivity index (χ1n) is 1.97. The van der Waals surface area contributed by atoms with Crippen LogP contribution < -0.4 is 0 Å². The Labute approximate surface area is 52.6 Å². The summed E-state index contributed by atoms with van der Waals surface area (Å²) in [5, 5.41) is 6.43. The van der Waals surface area contributed by atoms with E-state index in [2.05, 4.69) is 0 Å². The van der Waals surface area contributed by atoms with E-state index in [1.807, 2.05) is 0 Å². The van der Waals surface area contributed by atoms with Gasteiger partial charge in [-0.15, -0.1) is 0 Å². The smallest absolute Gasteiger partial charge is 0.232 e. The first-order valence-corrected chi connectivity index (χ1v) is 4.45. The third kappa shape index (κ3) is 5.91. The van der Waals surface area contributed by atoms with E-state index in [4.69, 9.17) is 16.1 Å². The van der Waals surface area contributed by atoms with Crippen LogP contribution in [0.25, 0.3) is 0 Å². The molecule has 0 rings (SSSR count). The standard InChI is InChI=1S/C3H6ClNO2S/c4-8(6,7)3-1-2-5/h2,5H,1,3H2. The topological polar surface area (TPSA) is 58.0 Å². The van der Waals surface area contributed by atoms with Crippen molar-refractivity contribution in [2.24, 2.45) is 0 Å². The van der Waals surface area contributed by atoms with Crippen LogP contribution in [0.1, 0.15) is 6.42 Å². The second-order valence-corrected chi connectivity index (χ2v) is 4.13. The molecule has 0 aromatic carbocycles. The van der Waals surface area contributed by atoms with Gasteiger partial charge in [-0.1, -0.05) is 0 Å². The van der Waals surface area contributed by atoms with Crippen molar-refractivity contribution in [1.82, 2.24) is 0 Å². The van der Waals surface area contributed by atoms with Gasteiger partial charge in [0.25, 0.3) is 0 Å². The number of rotatable bonds is 3. The first-order chi connectivity index (χ1) is 3.56. The highest BCUT2D eigenvalue weighted by molar-refractivity contribution is 8.13. The van der Waals surface area contributed by atoms with Crippen LogP contribution in [0.5, 0.6) is 0 Å². The normalized spacial score (nSPS) is 11.1. The molecule has 0 bridgehead atoms. The van der Waals surface area contributed by atoms with Crippen molar-refractivity contribution in [2.45, 2.75) is 6.42 Å². The van der Waals surface area contributed by atoms with Gasteiger partial charge in [0.05, 0.1) is 5.75 Å². The maximum atomic E-state index is 10.1. The molecule has 0 fully saturated rings.